The van der Waals surface area contributed by atoms with E-state index in [9.17, 15) is 10.4 Å². The molecule has 8 nitrogen and oxygen atoms in total. The van der Waals surface area contributed by atoms with Gasteiger partial charge in [0, 0.05) is 50.0 Å². The molecule has 1 unspecified atom stereocenters. The fraction of sp³-hybridized carbons (Fsp3) is 0.296. The molecular formula is C27H28N6O2. The van der Waals surface area contributed by atoms with Crippen molar-refractivity contribution in [3.63, 3.8) is 0 Å². The molecule has 4 aromatic rings. The minimum absolute atomic E-state index is 0.171. The predicted octanol–water partition coefficient (Wildman–Crippen LogP) is 3.35. The highest BCUT2D eigenvalue weighted by Gasteiger charge is 2.19. The minimum atomic E-state index is -0.587. The van der Waals surface area contributed by atoms with Gasteiger partial charge in [-0.15, -0.1) is 0 Å². The molecule has 0 aliphatic carbocycles. The third kappa shape index (κ3) is 5.11. The van der Waals surface area contributed by atoms with Crippen LogP contribution in [0.15, 0.2) is 67.1 Å². The summed E-state index contributed by atoms with van der Waals surface area (Å²) >= 11 is 0. The number of ether oxygens (including phenoxy) is 1. The Hall–Kier alpha value is -3.93. The Morgan fingerprint density at radius 2 is 1.89 bits per heavy atom. The molecule has 1 aromatic carbocycles. The van der Waals surface area contributed by atoms with E-state index in [0.717, 1.165) is 49.7 Å². The third-order valence-corrected chi connectivity index (χ3v) is 6.20. The number of pyridine rings is 2. The zero-order chi connectivity index (χ0) is 24.2. The van der Waals surface area contributed by atoms with Gasteiger partial charge in [-0.1, -0.05) is 30.3 Å². The normalized spacial score (nSPS) is 15.2. The number of nitriles is 1. The number of aromatic nitrogens is 3. The van der Waals surface area contributed by atoms with Gasteiger partial charge < -0.3 is 14.7 Å². The summed E-state index contributed by atoms with van der Waals surface area (Å²) < 4.78 is 7.37. The Kier molecular flexibility index (Phi) is 6.62. The summed E-state index contributed by atoms with van der Waals surface area (Å²) in [4.78, 5) is 9.53. The zero-order valence-electron chi connectivity index (χ0n) is 19.7. The van der Waals surface area contributed by atoms with Crippen molar-refractivity contribution in [2.75, 3.05) is 37.7 Å². The van der Waals surface area contributed by atoms with Crippen molar-refractivity contribution < 1.29 is 9.84 Å². The molecule has 1 saturated heterocycles. The Balaban J connectivity index is 1.33. The number of benzene rings is 1. The maximum Gasteiger partial charge on any atom is 0.138 e. The summed E-state index contributed by atoms with van der Waals surface area (Å²) in [5.41, 5.74) is 4.22. The number of aliphatic hydroxyl groups is 1. The van der Waals surface area contributed by atoms with E-state index in [2.05, 4.69) is 51.3 Å². The molecule has 5 rings (SSSR count). The number of piperazine rings is 1. The molecule has 1 N–H and O–H groups in total. The lowest BCUT2D eigenvalue weighted by Crippen LogP contribution is -2.46. The number of hydrogen-bond donors (Lipinski definition) is 1. The summed E-state index contributed by atoms with van der Waals surface area (Å²) in [5.74, 6) is 1.51. The van der Waals surface area contributed by atoms with Crippen LogP contribution in [-0.2, 0) is 6.54 Å². The number of fused-ring (bicyclic) bond motifs is 1. The first-order valence-electron chi connectivity index (χ1n) is 11.8. The minimum Gasteiger partial charge on any atom is -0.489 e. The number of hydrogen-bond acceptors (Lipinski definition) is 7. The molecular weight excluding hydrogens is 440 g/mol. The lowest BCUT2D eigenvalue weighted by atomic mass is 10.1. The van der Waals surface area contributed by atoms with Crippen LogP contribution in [0.25, 0.3) is 16.6 Å². The molecule has 0 saturated carbocycles. The molecule has 8 heteroatoms. The van der Waals surface area contributed by atoms with Gasteiger partial charge in [-0.2, -0.15) is 10.4 Å². The van der Waals surface area contributed by atoms with Crippen molar-refractivity contribution >= 4 is 11.3 Å². The molecule has 0 radical (unpaired) electrons. The van der Waals surface area contributed by atoms with Gasteiger partial charge in [-0.25, -0.2) is 9.50 Å². The summed E-state index contributed by atoms with van der Waals surface area (Å²) in [6, 6.07) is 18.7. The van der Waals surface area contributed by atoms with Crippen LogP contribution in [0.4, 0.5) is 5.82 Å². The molecule has 1 aliphatic rings. The SMILES string of the molecule is CC(O)COc1cc(-c2ccc(N3CCN(Cc4ccccc4)CC3)nc2)c2c(C#N)cnn2c1. The second-order valence-electron chi connectivity index (χ2n) is 8.87. The maximum absolute atomic E-state index is 9.59. The van der Waals surface area contributed by atoms with Crippen LogP contribution >= 0.6 is 0 Å². The number of aliphatic hydroxyl groups excluding tert-OH is 1. The molecule has 4 heterocycles. The van der Waals surface area contributed by atoms with Gasteiger partial charge in [-0.05, 0) is 30.7 Å². The van der Waals surface area contributed by atoms with Crippen molar-refractivity contribution in [3.8, 4) is 22.9 Å². The van der Waals surface area contributed by atoms with Crippen molar-refractivity contribution in [1.82, 2.24) is 19.5 Å². The van der Waals surface area contributed by atoms with E-state index in [4.69, 9.17) is 9.72 Å². The van der Waals surface area contributed by atoms with Gasteiger partial charge in [0.15, 0.2) is 0 Å². The van der Waals surface area contributed by atoms with E-state index in [1.54, 1.807) is 23.8 Å². The van der Waals surface area contributed by atoms with Gasteiger partial charge in [-0.3, -0.25) is 4.90 Å². The highest BCUT2D eigenvalue weighted by molar-refractivity contribution is 5.85. The Morgan fingerprint density at radius 3 is 2.57 bits per heavy atom. The maximum atomic E-state index is 9.59. The van der Waals surface area contributed by atoms with E-state index in [1.165, 1.54) is 5.56 Å². The van der Waals surface area contributed by atoms with E-state index < -0.39 is 6.10 Å². The zero-order valence-corrected chi connectivity index (χ0v) is 19.7. The molecule has 3 aromatic heterocycles. The fourth-order valence-electron chi connectivity index (χ4n) is 4.40. The second-order valence-corrected chi connectivity index (χ2v) is 8.87. The van der Waals surface area contributed by atoms with Crippen LogP contribution in [-0.4, -0.2) is 63.5 Å². The van der Waals surface area contributed by atoms with Crippen LogP contribution in [0, 0.1) is 11.3 Å². The Labute approximate surface area is 204 Å². The fourth-order valence-corrected chi connectivity index (χ4v) is 4.40. The first-order valence-corrected chi connectivity index (χ1v) is 11.8. The van der Waals surface area contributed by atoms with Crippen LogP contribution < -0.4 is 9.64 Å². The first kappa shape index (κ1) is 22.8. The van der Waals surface area contributed by atoms with E-state index in [-0.39, 0.29) is 6.61 Å². The topological polar surface area (TPSA) is 89.9 Å². The highest BCUT2D eigenvalue weighted by Crippen LogP contribution is 2.31. The lowest BCUT2D eigenvalue weighted by Gasteiger charge is -2.35. The summed E-state index contributed by atoms with van der Waals surface area (Å²) in [6.45, 7) is 6.64. The van der Waals surface area contributed by atoms with Crippen LogP contribution in [0.2, 0.25) is 0 Å². The lowest BCUT2D eigenvalue weighted by molar-refractivity contribution is 0.122. The van der Waals surface area contributed by atoms with Crippen molar-refractivity contribution in [1.29, 1.82) is 5.26 Å². The van der Waals surface area contributed by atoms with Crippen LogP contribution in [0.1, 0.15) is 18.1 Å². The Morgan fingerprint density at radius 1 is 1.09 bits per heavy atom. The monoisotopic (exact) mass is 468 g/mol. The number of anilines is 1. The van der Waals surface area contributed by atoms with Gasteiger partial charge in [0.1, 0.15) is 24.2 Å². The quantitative estimate of drug-likeness (QED) is 0.445. The number of nitrogens with zero attached hydrogens (tertiary/aromatic N) is 6. The largest absolute Gasteiger partial charge is 0.489 e. The van der Waals surface area contributed by atoms with Gasteiger partial charge in [0.25, 0.3) is 0 Å². The smallest absolute Gasteiger partial charge is 0.138 e. The molecule has 1 atom stereocenters. The van der Waals surface area contributed by atoms with E-state index in [0.29, 0.717) is 16.8 Å². The molecule has 35 heavy (non-hydrogen) atoms. The first-order chi connectivity index (χ1) is 17.1. The van der Waals surface area contributed by atoms with E-state index in [1.807, 2.05) is 24.4 Å². The van der Waals surface area contributed by atoms with E-state index >= 15 is 0 Å². The Bertz CT molecular complexity index is 1320. The van der Waals surface area contributed by atoms with Crippen LogP contribution in [0.5, 0.6) is 5.75 Å². The molecule has 1 aliphatic heterocycles. The van der Waals surface area contributed by atoms with Crippen molar-refractivity contribution in [2.24, 2.45) is 0 Å². The molecule has 178 valence electrons. The second kappa shape index (κ2) is 10.1. The number of rotatable bonds is 7. The molecule has 0 bridgehead atoms. The summed E-state index contributed by atoms with van der Waals surface area (Å²) in [5, 5.41) is 23.5. The standard InChI is InChI=1S/C27H28N6O2/c1-20(34)19-35-24-13-25(27-23(14-28)16-30-33(27)18-24)22-7-8-26(29-15-22)32-11-9-31(10-12-32)17-21-5-3-2-4-6-21/h2-8,13,15-16,18,20,34H,9-12,17,19H2,1H3. The third-order valence-electron chi connectivity index (χ3n) is 6.20. The molecule has 0 amide bonds. The van der Waals surface area contributed by atoms with Gasteiger partial charge in [0.05, 0.1) is 29.6 Å². The summed E-state index contributed by atoms with van der Waals surface area (Å²) in [7, 11) is 0. The predicted molar refractivity (Wildman–Crippen MR) is 134 cm³/mol. The average Bonchev–Trinajstić information content (AvgIpc) is 3.31. The summed E-state index contributed by atoms with van der Waals surface area (Å²) in [6.07, 6.45) is 4.52. The van der Waals surface area contributed by atoms with Gasteiger partial charge >= 0.3 is 0 Å². The van der Waals surface area contributed by atoms with Crippen molar-refractivity contribution in [3.05, 3.63) is 78.2 Å². The highest BCUT2D eigenvalue weighted by atomic mass is 16.5. The molecule has 0 spiro atoms. The van der Waals surface area contributed by atoms with Crippen LogP contribution in [0.3, 0.4) is 0 Å². The average molecular weight is 469 g/mol. The van der Waals surface area contributed by atoms with Crippen molar-refractivity contribution in [2.45, 2.75) is 19.6 Å². The van der Waals surface area contributed by atoms with Gasteiger partial charge in [0.2, 0.25) is 0 Å². The molecule has 1 fully saturated rings.